The van der Waals surface area contributed by atoms with Gasteiger partial charge in [-0.3, -0.25) is 9.59 Å². The van der Waals surface area contributed by atoms with Crippen LogP contribution in [0, 0.1) is 5.92 Å². The van der Waals surface area contributed by atoms with Gasteiger partial charge in [0.15, 0.2) is 11.5 Å². The average molecular weight is 416 g/mol. The highest BCUT2D eigenvalue weighted by molar-refractivity contribution is 7.07. The molecule has 0 atom stereocenters. The van der Waals surface area contributed by atoms with E-state index >= 15 is 0 Å². The standard InChI is InChI=1S/C21H25N3O4S/c1-27-19-11-16(5-6-18(19)28-12-17-13-29-14-22-17)21(26)24-9-7-23(8-10-24)20(25)15-3-2-4-15/h5-6,11,13-15H,2-4,7-10,12H2,1H3. The lowest BCUT2D eigenvalue weighted by Crippen LogP contribution is -2.52. The second-order valence-corrected chi connectivity index (χ2v) is 8.10. The van der Waals surface area contributed by atoms with Gasteiger partial charge in [-0.15, -0.1) is 11.3 Å². The van der Waals surface area contributed by atoms with Crippen LogP contribution >= 0.6 is 11.3 Å². The number of hydrogen-bond donors (Lipinski definition) is 0. The van der Waals surface area contributed by atoms with Gasteiger partial charge in [0.25, 0.3) is 5.91 Å². The molecule has 2 aromatic rings. The molecule has 1 saturated heterocycles. The Morgan fingerprint density at radius 1 is 1.14 bits per heavy atom. The molecule has 2 fully saturated rings. The summed E-state index contributed by atoms with van der Waals surface area (Å²) >= 11 is 1.52. The Kier molecular flexibility index (Phi) is 5.99. The Balaban J connectivity index is 1.36. The van der Waals surface area contributed by atoms with Crippen molar-refractivity contribution in [2.75, 3.05) is 33.3 Å². The molecular formula is C21H25N3O4S. The van der Waals surface area contributed by atoms with E-state index in [1.165, 1.54) is 11.3 Å². The first-order valence-electron chi connectivity index (χ1n) is 9.91. The Bertz CT molecular complexity index is 859. The average Bonchev–Trinajstić information content (AvgIpc) is 3.24. The van der Waals surface area contributed by atoms with E-state index in [2.05, 4.69) is 4.98 Å². The highest BCUT2D eigenvalue weighted by Gasteiger charge is 2.32. The Hall–Kier alpha value is -2.61. The van der Waals surface area contributed by atoms with E-state index < -0.39 is 0 Å². The quantitative estimate of drug-likeness (QED) is 0.726. The number of methoxy groups -OCH3 is 1. The molecule has 4 rings (SSSR count). The second kappa shape index (κ2) is 8.82. The number of nitrogens with zero attached hydrogens (tertiary/aromatic N) is 3. The lowest BCUT2D eigenvalue weighted by molar-refractivity contribution is -0.139. The number of carbonyl (C=O) groups excluding carboxylic acids is 2. The summed E-state index contributed by atoms with van der Waals surface area (Å²) in [6, 6.07) is 5.23. The number of hydrogen-bond acceptors (Lipinski definition) is 6. The van der Waals surface area contributed by atoms with Crippen molar-refractivity contribution in [2.24, 2.45) is 5.92 Å². The lowest BCUT2D eigenvalue weighted by atomic mass is 9.84. The molecule has 8 heteroatoms. The highest BCUT2D eigenvalue weighted by atomic mass is 32.1. The van der Waals surface area contributed by atoms with Crippen LogP contribution in [0.15, 0.2) is 29.1 Å². The summed E-state index contributed by atoms with van der Waals surface area (Å²) in [6.07, 6.45) is 3.17. The zero-order chi connectivity index (χ0) is 20.2. The van der Waals surface area contributed by atoms with Crippen LogP contribution in [0.5, 0.6) is 11.5 Å². The van der Waals surface area contributed by atoms with Gasteiger partial charge in [0.1, 0.15) is 6.61 Å². The number of carbonyl (C=O) groups is 2. The fourth-order valence-corrected chi connectivity index (χ4v) is 4.15. The maximum atomic E-state index is 12.9. The van der Waals surface area contributed by atoms with Crippen LogP contribution in [0.3, 0.4) is 0 Å². The summed E-state index contributed by atoms with van der Waals surface area (Å²) in [5.41, 5.74) is 3.17. The molecule has 29 heavy (non-hydrogen) atoms. The second-order valence-electron chi connectivity index (χ2n) is 7.38. The van der Waals surface area contributed by atoms with Crippen LogP contribution in [0.2, 0.25) is 0 Å². The molecule has 0 unspecified atom stereocenters. The van der Waals surface area contributed by atoms with E-state index in [0.717, 1.165) is 25.0 Å². The van der Waals surface area contributed by atoms with Crippen LogP contribution in [0.4, 0.5) is 0 Å². The van der Waals surface area contributed by atoms with Crippen LogP contribution in [0.25, 0.3) is 0 Å². The van der Waals surface area contributed by atoms with Crippen molar-refractivity contribution in [3.05, 3.63) is 40.3 Å². The third kappa shape index (κ3) is 4.37. The van der Waals surface area contributed by atoms with Crippen molar-refractivity contribution in [1.82, 2.24) is 14.8 Å². The molecule has 0 N–H and O–H groups in total. The molecule has 1 saturated carbocycles. The molecule has 1 aliphatic carbocycles. The van der Waals surface area contributed by atoms with Crippen LogP contribution in [-0.2, 0) is 11.4 Å². The van der Waals surface area contributed by atoms with Gasteiger partial charge in [-0.1, -0.05) is 6.42 Å². The van der Waals surface area contributed by atoms with Gasteiger partial charge < -0.3 is 19.3 Å². The summed E-state index contributed by atoms with van der Waals surface area (Å²) in [7, 11) is 1.56. The molecule has 2 aliphatic rings. The Labute approximate surface area is 174 Å². The first kappa shape index (κ1) is 19.7. The van der Waals surface area contributed by atoms with Gasteiger partial charge in [-0.2, -0.15) is 0 Å². The molecule has 7 nitrogen and oxygen atoms in total. The number of rotatable bonds is 6. The fourth-order valence-electron chi connectivity index (χ4n) is 3.61. The van der Waals surface area contributed by atoms with Gasteiger partial charge >= 0.3 is 0 Å². The topological polar surface area (TPSA) is 72.0 Å². The zero-order valence-electron chi connectivity index (χ0n) is 16.5. The zero-order valence-corrected chi connectivity index (χ0v) is 17.3. The maximum Gasteiger partial charge on any atom is 0.254 e. The summed E-state index contributed by atoms with van der Waals surface area (Å²) in [5, 5.41) is 1.93. The number of piperazine rings is 1. The van der Waals surface area contributed by atoms with Crippen LogP contribution in [-0.4, -0.2) is 59.9 Å². The first-order chi connectivity index (χ1) is 14.2. The molecule has 0 radical (unpaired) electrons. The molecule has 2 heterocycles. The largest absolute Gasteiger partial charge is 0.493 e. The van der Waals surface area contributed by atoms with Crippen molar-refractivity contribution >= 4 is 23.2 Å². The van der Waals surface area contributed by atoms with Gasteiger partial charge in [0, 0.05) is 43.0 Å². The molecule has 1 aromatic heterocycles. The molecule has 1 aromatic carbocycles. The molecule has 2 amide bonds. The van der Waals surface area contributed by atoms with Crippen molar-refractivity contribution < 1.29 is 19.1 Å². The summed E-state index contributed by atoms with van der Waals surface area (Å²) < 4.78 is 11.2. The van der Waals surface area contributed by atoms with Crippen LogP contribution < -0.4 is 9.47 Å². The number of ether oxygens (including phenoxy) is 2. The van der Waals surface area contributed by atoms with E-state index in [1.54, 1.807) is 35.7 Å². The molecular weight excluding hydrogens is 390 g/mol. The monoisotopic (exact) mass is 415 g/mol. The lowest BCUT2D eigenvalue weighted by Gasteiger charge is -2.38. The van der Waals surface area contributed by atoms with Gasteiger partial charge in [-0.05, 0) is 31.0 Å². The number of amides is 2. The van der Waals surface area contributed by atoms with E-state index in [9.17, 15) is 9.59 Å². The Morgan fingerprint density at radius 2 is 1.90 bits per heavy atom. The number of thiazole rings is 1. The minimum absolute atomic E-state index is 0.0508. The van der Waals surface area contributed by atoms with E-state index in [0.29, 0.717) is 49.8 Å². The normalized spacial score (nSPS) is 17.0. The van der Waals surface area contributed by atoms with Gasteiger partial charge in [-0.25, -0.2) is 4.98 Å². The Morgan fingerprint density at radius 3 is 2.52 bits per heavy atom. The third-order valence-corrected chi connectivity index (χ3v) is 6.24. The maximum absolute atomic E-state index is 12.9. The fraction of sp³-hybridized carbons (Fsp3) is 0.476. The third-order valence-electron chi connectivity index (χ3n) is 5.60. The highest BCUT2D eigenvalue weighted by Crippen LogP contribution is 2.30. The summed E-state index contributed by atoms with van der Waals surface area (Å²) in [6.45, 7) is 2.67. The minimum atomic E-state index is -0.0508. The molecule has 1 aliphatic heterocycles. The summed E-state index contributed by atoms with van der Waals surface area (Å²) in [5.74, 6) is 1.51. The predicted molar refractivity (Wildman–Crippen MR) is 109 cm³/mol. The smallest absolute Gasteiger partial charge is 0.254 e. The van der Waals surface area contributed by atoms with E-state index in [4.69, 9.17) is 9.47 Å². The minimum Gasteiger partial charge on any atom is -0.493 e. The van der Waals surface area contributed by atoms with Crippen molar-refractivity contribution in [3.8, 4) is 11.5 Å². The van der Waals surface area contributed by atoms with E-state index in [1.807, 2.05) is 10.3 Å². The van der Waals surface area contributed by atoms with E-state index in [-0.39, 0.29) is 17.7 Å². The van der Waals surface area contributed by atoms with Crippen LogP contribution in [0.1, 0.15) is 35.3 Å². The first-order valence-corrected chi connectivity index (χ1v) is 10.9. The molecule has 0 bridgehead atoms. The number of aromatic nitrogens is 1. The van der Waals surface area contributed by atoms with Crippen molar-refractivity contribution in [2.45, 2.75) is 25.9 Å². The SMILES string of the molecule is COc1cc(C(=O)N2CCN(C(=O)C3CCC3)CC2)ccc1OCc1cscn1. The molecule has 0 spiro atoms. The van der Waals surface area contributed by atoms with Gasteiger partial charge in [0.05, 0.1) is 18.3 Å². The van der Waals surface area contributed by atoms with Crippen molar-refractivity contribution in [1.29, 1.82) is 0 Å². The van der Waals surface area contributed by atoms with Gasteiger partial charge in [0.2, 0.25) is 5.91 Å². The molecule has 154 valence electrons. The predicted octanol–water partition coefficient (Wildman–Crippen LogP) is 2.82. The summed E-state index contributed by atoms with van der Waals surface area (Å²) in [4.78, 5) is 33.2. The van der Waals surface area contributed by atoms with Crippen molar-refractivity contribution in [3.63, 3.8) is 0 Å². The number of benzene rings is 1.